The lowest BCUT2D eigenvalue weighted by molar-refractivity contribution is 0.341. The molecule has 0 spiro atoms. The molecule has 1 N–H and O–H groups in total. The Morgan fingerprint density at radius 2 is 2.21 bits per heavy atom. The Balaban J connectivity index is 1.78. The molecule has 0 amide bonds. The van der Waals surface area contributed by atoms with Gasteiger partial charge < -0.3 is 5.32 Å². The number of anilines is 1. The van der Waals surface area contributed by atoms with E-state index in [9.17, 15) is 0 Å². The first-order valence-electron chi connectivity index (χ1n) is 4.92. The van der Waals surface area contributed by atoms with E-state index in [1.165, 1.54) is 0 Å². The smallest absolute Gasteiger partial charge is 0.148 e. The van der Waals surface area contributed by atoms with Gasteiger partial charge in [-0.3, -0.25) is 0 Å². The molecule has 3 nitrogen and oxygen atoms in total. The minimum Gasteiger partial charge on any atom is -0.368 e. The van der Waals surface area contributed by atoms with Gasteiger partial charge in [0.2, 0.25) is 0 Å². The average Bonchev–Trinajstić information content (AvgIpc) is 2.13. The first-order chi connectivity index (χ1) is 6.74. The second-order valence-corrected chi connectivity index (χ2v) is 4.49. The number of aromatic nitrogens is 2. The molecule has 1 saturated carbocycles. The zero-order valence-electron chi connectivity index (χ0n) is 8.20. The third-order valence-corrected chi connectivity index (χ3v) is 2.90. The average molecular weight is 212 g/mol. The summed E-state index contributed by atoms with van der Waals surface area (Å²) in [6.07, 6.45) is 2.24. The molecule has 0 atom stereocenters. The summed E-state index contributed by atoms with van der Waals surface area (Å²) in [7, 11) is 0. The van der Waals surface area contributed by atoms with E-state index in [0.29, 0.717) is 11.3 Å². The maximum absolute atomic E-state index is 5.89. The molecule has 0 radical (unpaired) electrons. The molecule has 0 saturated heterocycles. The molecular formula is C10H14ClN3. The molecule has 1 heterocycles. The highest BCUT2D eigenvalue weighted by Crippen LogP contribution is 2.31. The lowest BCUT2D eigenvalue weighted by atomic mass is 9.85. The summed E-state index contributed by atoms with van der Waals surface area (Å²) < 4.78 is 0. The maximum Gasteiger partial charge on any atom is 0.148 e. The van der Waals surface area contributed by atoms with Crippen molar-refractivity contribution in [3.05, 3.63) is 17.8 Å². The molecule has 1 aliphatic carbocycles. The van der Waals surface area contributed by atoms with Gasteiger partial charge in [-0.25, -0.2) is 0 Å². The monoisotopic (exact) mass is 211 g/mol. The molecule has 76 valence electrons. The number of nitrogens with zero attached hydrogens (tertiary/aromatic N) is 2. The zero-order valence-corrected chi connectivity index (χ0v) is 8.96. The molecule has 4 heteroatoms. The van der Waals surface area contributed by atoms with Crippen molar-refractivity contribution in [2.75, 3.05) is 11.9 Å². The minimum atomic E-state index is 0.394. The third-order valence-electron chi connectivity index (χ3n) is 2.55. The molecule has 1 fully saturated rings. The summed E-state index contributed by atoms with van der Waals surface area (Å²) in [4.78, 5) is 0. The van der Waals surface area contributed by atoms with Crippen LogP contribution >= 0.6 is 11.6 Å². The van der Waals surface area contributed by atoms with Crippen LogP contribution < -0.4 is 5.32 Å². The van der Waals surface area contributed by atoms with Crippen LogP contribution in [0.15, 0.2) is 12.1 Å². The van der Waals surface area contributed by atoms with Gasteiger partial charge in [0.15, 0.2) is 0 Å². The van der Waals surface area contributed by atoms with Gasteiger partial charge in [0.05, 0.1) is 5.69 Å². The van der Waals surface area contributed by atoms with Crippen molar-refractivity contribution in [3.8, 4) is 0 Å². The fraction of sp³-hybridized carbons (Fsp3) is 0.600. The van der Waals surface area contributed by atoms with Crippen LogP contribution in [0.1, 0.15) is 18.5 Å². The first-order valence-corrected chi connectivity index (χ1v) is 5.36. The lowest BCUT2D eigenvalue weighted by Crippen LogP contribution is -2.30. The fourth-order valence-corrected chi connectivity index (χ4v) is 2.07. The van der Waals surface area contributed by atoms with Gasteiger partial charge in [-0.2, -0.15) is 5.10 Å². The van der Waals surface area contributed by atoms with Crippen molar-refractivity contribution < 1.29 is 0 Å². The van der Waals surface area contributed by atoms with Gasteiger partial charge in [-0.05, 0) is 37.8 Å². The third kappa shape index (κ3) is 2.35. The molecular weight excluding hydrogens is 198 g/mol. The van der Waals surface area contributed by atoms with Crippen molar-refractivity contribution in [2.24, 2.45) is 5.92 Å². The molecule has 0 aliphatic heterocycles. The van der Waals surface area contributed by atoms with Crippen LogP contribution in [0.5, 0.6) is 0 Å². The molecule has 0 bridgehead atoms. The zero-order chi connectivity index (χ0) is 9.97. The molecule has 14 heavy (non-hydrogen) atoms. The van der Waals surface area contributed by atoms with Gasteiger partial charge >= 0.3 is 0 Å². The molecule has 2 rings (SSSR count). The Kier molecular flexibility index (Phi) is 2.87. The van der Waals surface area contributed by atoms with Crippen LogP contribution in [-0.2, 0) is 0 Å². The van der Waals surface area contributed by atoms with E-state index in [4.69, 9.17) is 11.6 Å². The maximum atomic E-state index is 5.89. The second kappa shape index (κ2) is 4.13. The minimum absolute atomic E-state index is 0.394. The fourth-order valence-electron chi connectivity index (χ4n) is 1.56. The van der Waals surface area contributed by atoms with E-state index < -0.39 is 0 Å². The predicted molar refractivity (Wildman–Crippen MR) is 57.6 cm³/mol. The quantitative estimate of drug-likeness (QED) is 0.780. The Morgan fingerprint density at radius 1 is 1.43 bits per heavy atom. The number of hydrogen-bond acceptors (Lipinski definition) is 3. The van der Waals surface area contributed by atoms with Crippen LogP contribution in [0.4, 0.5) is 5.82 Å². The van der Waals surface area contributed by atoms with E-state index in [2.05, 4.69) is 15.5 Å². The normalized spacial score (nSPS) is 25.6. The SMILES string of the molecule is Cc1ccc(NCC2CC(Cl)C2)nn1. The Morgan fingerprint density at radius 3 is 2.79 bits per heavy atom. The van der Waals surface area contributed by atoms with Gasteiger partial charge in [0.1, 0.15) is 5.82 Å². The van der Waals surface area contributed by atoms with Crippen LogP contribution in [-0.4, -0.2) is 22.1 Å². The van der Waals surface area contributed by atoms with E-state index >= 15 is 0 Å². The van der Waals surface area contributed by atoms with Crippen LogP contribution in [0.2, 0.25) is 0 Å². The van der Waals surface area contributed by atoms with Crippen molar-refractivity contribution in [1.82, 2.24) is 10.2 Å². The van der Waals surface area contributed by atoms with Crippen LogP contribution in [0, 0.1) is 12.8 Å². The van der Waals surface area contributed by atoms with E-state index in [-0.39, 0.29) is 0 Å². The van der Waals surface area contributed by atoms with Crippen molar-refractivity contribution in [1.29, 1.82) is 0 Å². The molecule has 0 aromatic carbocycles. The largest absolute Gasteiger partial charge is 0.368 e. The highest BCUT2D eigenvalue weighted by Gasteiger charge is 2.26. The highest BCUT2D eigenvalue weighted by atomic mass is 35.5. The van der Waals surface area contributed by atoms with E-state index in [1.54, 1.807) is 0 Å². The summed E-state index contributed by atoms with van der Waals surface area (Å²) >= 11 is 5.89. The number of aryl methyl sites for hydroxylation is 1. The van der Waals surface area contributed by atoms with Crippen molar-refractivity contribution >= 4 is 17.4 Å². The topological polar surface area (TPSA) is 37.8 Å². The van der Waals surface area contributed by atoms with Gasteiger partial charge in [-0.15, -0.1) is 16.7 Å². The number of halogens is 1. The van der Waals surface area contributed by atoms with Gasteiger partial charge in [0, 0.05) is 11.9 Å². The Bertz CT molecular complexity index is 293. The van der Waals surface area contributed by atoms with E-state index in [0.717, 1.165) is 30.9 Å². The highest BCUT2D eigenvalue weighted by molar-refractivity contribution is 6.21. The molecule has 1 aliphatic rings. The summed E-state index contributed by atoms with van der Waals surface area (Å²) in [6, 6.07) is 3.92. The molecule has 1 aromatic heterocycles. The first kappa shape index (κ1) is 9.71. The van der Waals surface area contributed by atoms with Gasteiger partial charge in [-0.1, -0.05) is 0 Å². The number of nitrogens with one attached hydrogen (secondary N) is 1. The molecule has 1 aromatic rings. The van der Waals surface area contributed by atoms with E-state index in [1.807, 2.05) is 19.1 Å². The van der Waals surface area contributed by atoms with Crippen molar-refractivity contribution in [3.63, 3.8) is 0 Å². The lowest BCUT2D eigenvalue weighted by Gasteiger charge is -2.30. The number of rotatable bonds is 3. The summed E-state index contributed by atoms with van der Waals surface area (Å²) in [5.74, 6) is 1.56. The second-order valence-electron chi connectivity index (χ2n) is 3.88. The summed E-state index contributed by atoms with van der Waals surface area (Å²) in [5.41, 5.74) is 0.944. The number of alkyl halides is 1. The summed E-state index contributed by atoms with van der Waals surface area (Å²) in [6.45, 7) is 2.89. The Labute approximate surface area is 88.9 Å². The summed E-state index contributed by atoms with van der Waals surface area (Å²) in [5, 5.41) is 11.7. The predicted octanol–water partition coefficient (Wildman–Crippen LogP) is 2.21. The van der Waals surface area contributed by atoms with Crippen LogP contribution in [0.25, 0.3) is 0 Å². The van der Waals surface area contributed by atoms with Crippen LogP contribution in [0.3, 0.4) is 0 Å². The molecule has 0 unspecified atom stereocenters. The van der Waals surface area contributed by atoms with Crippen molar-refractivity contribution in [2.45, 2.75) is 25.1 Å². The Hall–Kier alpha value is -0.830. The van der Waals surface area contributed by atoms with Gasteiger partial charge in [0.25, 0.3) is 0 Å². The number of hydrogen-bond donors (Lipinski definition) is 1. The standard InChI is InChI=1S/C10H14ClN3/c1-7-2-3-10(14-13-7)12-6-8-4-9(11)5-8/h2-3,8-9H,4-6H2,1H3,(H,12,14).